The molecule has 0 aromatic heterocycles. The van der Waals surface area contributed by atoms with E-state index in [0.29, 0.717) is 0 Å². The van der Waals surface area contributed by atoms with Crippen LogP contribution in [0.25, 0.3) is 0 Å². The van der Waals surface area contributed by atoms with Gasteiger partial charge in [0.1, 0.15) is 0 Å². The molecule has 0 bridgehead atoms. The number of hydrogen-bond donors (Lipinski definition) is 1. The Labute approximate surface area is 51.0 Å². The van der Waals surface area contributed by atoms with Gasteiger partial charge in [0.05, 0.1) is 8.07 Å². The molecule has 8 heavy (non-hydrogen) atoms. The van der Waals surface area contributed by atoms with Crippen LogP contribution in [0.4, 0.5) is 0 Å². The van der Waals surface area contributed by atoms with Gasteiger partial charge in [-0.25, -0.2) is 0 Å². The van der Waals surface area contributed by atoms with Crippen LogP contribution in [0.1, 0.15) is 19.3 Å². The number of nitrogens with zero attached hydrogens (tertiary/aromatic N) is 1. The van der Waals surface area contributed by atoms with Crippen molar-refractivity contribution in [1.82, 2.24) is 0 Å². The second kappa shape index (κ2) is 3.13. The molecule has 1 fully saturated rings. The van der Waals surface area contributed by atoms with Crippen LogP contribution in [0.15, 0.2) is 4.88 Å². The van der Waals surface area contributed by atoms with Gasteiger partial charge in [0, 0.05) is 0 Å². The summed E-state index contributed by atoms with van der Waals surface area (Å²) in [7, 11) is -0.0667. The highest BCUT2D eigenvalue weighted by Crippen LogP contribution is 2.41. The molecule has 3 heteroatoms. The first-order valence-corrected chi connectivity index (χ1v) is 4.76. The van der Waals surface area contributed by atoms with Crippen LogP contribution in [0.3, 0.4) is 0 Å². The van der Waals surface area contributed by atoms with E-state index in [9.17, 15) is 0 Å². The van der Waals surface area contributed by atoms with Gasteiger partial charge >= 0.3 is 0 Å². The molecule has 2 N–H and O–H groups in total. The number of hydrogen-bond acceptors (Lipinski definition) is 1. The van der Waals surface area contributed by atoms with Crippen molar-refractivity contribution in [3.05, 3.63) is 0 Å². The van der Waals surface area contributed by atoms with Gasteiger partial charge in [-0.1, -0.05) is 6.42 Å². The van der Waals surface area contributed by atoms with Crippen molar-refractivity contribution in [2.24, 2.45) is 4.88 Å². The summed E-state index contributed by atoms with van der Waals surface area (Å²) in [5.74, 6) is 0. The molecule has 1 aliphatic heterocycles. The van der Waals surface area contributed by atoms with Crippen molar-refractivity contribution >= 4 is 8.07 Å². The predicted molar refractivity (Wildman–Crippen MR) is 34.9 cm³/mol. The maximum Gasteiger partial charge on any atom is 0.0887 e. The zero-order valence-electron chi connectivity index (χ0n) is 5.01. The summed E-state index contributed by atoms with van der Waals surface area (Å²) >= 11 is 0. The normalized spacial score (nSPS) is 23.0. The molecule has 1 heterocycles. The fourth-order valence-corrected chi connectivity index (χ4v) is 2.62. The van der Waals surface area contributed by atoms with Crippen molar-refractivity contribution in [3.63, 3.8) is 0 Å². The van der Waals surface area contributed by atoms with Crippen LogP contribution in [0.2, 0.25) is 0 Å². The van der Waals surface area contributed by atoms with Crippen LogP contribution < -0.4 is 5.53 Å². The number of nitrogens with two attached hydrogens (primary N) is 1. The van der Waals surface area contributed by atoms with E-state index in [2.05, 4.69) is 4.88 Å². The lowest BCUT2D eigenvalue weighted by Crippen LogP contribution is -2.23. The van der Waals surface area contributed by atoms with E-state index in [1.165, 1.54) is 31.6 Å². The van der Waals surface area contributed by atoms with E-state index >= 15 is 0 Å². The quantitative estimate of drug-likeness (QED) is 0.403. The third-order valence-electron chi connectivity index (χ3n) is 1.50. The summed E-state index contributed by atoms with van der Waals surface area (Å²) in [6.07, 6.45) is 6.67. The molecule has 0 unspecified atom stereocenters. The summed E-state index contributed by atoms with van der Waals surface area (Å²) in [5, 5.41) is 0. The third kappa shape index (κ3) is 1.52. The molecule has 0 aromatic rings. The van der Waals surface area contributed by atoms with Gasteiger partial charge in [0.15, 0.2) is 0 Å². The molecular weight excluding hydrogens is 119 g/mol. The van der Waals surface area contributed by atoms with Gasteiger partial charge in [-0.3, -0.25) is 0 Å². The molecular formula is C5H12N2P+. The Bertz CT molecular complexity index is 78.5. The average Bonchev–Trinajstić information content (AvgIpc) is 1.90. The fraction of sp³-hybridized carbons (Fsp3) is 1.00. The summed E-state index contributed by atoms with van der Waals surface area (Å²) in [4.78, 5) is 3.81. The van der Waals surface area contributed by atoms with Gasteiger partial charge in [0.25, 0.3) is 0 Å². The van der Waals surface area contributed by atoms with E-state index in [1.807, 2.05) is 0 Å². The van der Waals surface area contributed by atoms with Gasteiger partial charge in [-0.15, -0.1) is 0 Å². The van der Waals surface area contributed by atoms with Crippen molar-refractivity contribution in [1.29, 1.82) is 0 Å². The Morgan fingerprint density at radius 3 is 2.12 bits per heavy atom. The number of rotatable bonds is 1. The molecule has 0 spiro atoms. The zero-order chi connectivity index (χ0) is 5.82. The molecule has 1 aliphatic rings. The Hall–Kier alpha value is 0.0300. The highest BCUT2D eigenvalue weighted by atomic mass is 31.1. The standard InChI is InChI=1S/C5H11N2P/c6-7-8-4-2-1-3-5-8/h6H,1-5H2/p+1. The maximum absolute atomic E-state index is 5.16. The summed E-state index contributed by atoms with van der Waals surface area (Å²) in [6, 6.07) is 0. The zero-order valence-corrected chi connectivity index (χ0v) is 5.90. The molecule has 1 saturated heterocycles. The van der Waals surface area contributed by atoms with Gasteiger partial charge in [-0.2, -0.15) is 5.53 Å². The minimum absolute atomic E-state index is 0.0667. The van der Waals surface area contributed by atoms with E-state index < -0.39 is 0 Å². The molecule has 46 valence electrons. The predicted octanol–water partition coefficient (Wildman–Crippen LogP) is 0.778. The molecule has 1 rings (SSSR count). The SMILES string of the molecule is [NH2+]=NP1CCCCC1. The monoisotopic (exact) mass is 131 g/mol. The highest BCUT2D eigenvalue weighted by molar-refractivity contribution is 7.55. The molecule has 0 aromatic carbocycles. The lowest BCUT2D eigenvalue weighted by Gasteiger charge is -2.12. The van der Waals surface area contributed by atoms with Crippen molar-refractivity contribution in [3.8, 4) is 0 Å². The Morgan fingerprint density at radius 1 is 1.12 bits per heavy atom. The summed E-state index contributed by atoms with van der Waals surface area (Å²) in [6.45, 7) is 0. The van der Waals surface area contributed by atoms with E-state index in [0.717, 1.165) is 0 Å². The lowest BCUT2D eigenvalue weighted by atomic mass is 10.3. The summed E-state index contributed by atoms with van der Waals surface area (Å²) < 4.78 is 0. The Morgan fingerprint density at radius 2 is 1.75 bits per heavy atom. The Kier molecular flexibility index (Phi) is 2.41. The maximum atomic E-state index is 5.16. The molecule has 0 saturated carbocycles. The van der Waals surface area contributed by atoms with E-state index in [4.69, 9.17) is 5.53 Å². The topological polar surface area (TPSA) is 38.0 Å². The smallest absolute Gasteiger partial charge is 0.0887 e. The minimum Gasteiger partial charge on any atom is -0.154 e. The third-order valence-corrected chi connectivity index (χ3v) is 3.49. The molecule has 0 radical (unpaired) electrons. The second-order valence-corrected chi connectivity index (χ2v) is 4.27. The molecule has 0 atom stereocenters. The largest absolute Gasteiger partial charge is 0.154 e. The van der Waals surface area contributed by atoms with Crippen LogP contribution in [-0.4, -0.2) is 12.3 Å². The first-order chi connectivity index (χ1) is 3.93. The van der Waals surface area contributed by atoms with Gasteiger partial charge < -0.3 is 0 Å². The average molecular weight is 131 g/mol. The van der Waals surface area contributed by atoms with E-state index in [1.54, 1.807) is 0 Å². The minimum atomic E-state index is -0.0667. The summed E-state index contributed by atoms with van der Waals surface area (Å²) in [5.41, 5.74) is 5.16. The molecule has 0 aliphatic carbocycles. The van der Waals surface area contributed by atoms with Crippen molar-refractivity contribution in [2.75, 3.05) is 12.3 Å². The molecule has 0 amide bonds. The van der Waals surface area contributed by atoms with Gasteiger partial charge in [0.2, 0.25) is 0 Å². The molecule has 2 nitrogen and oxygen atoms in total. The fourth-order valence-electron chi connectivity index (χ4n) is 0.993. The van der Waals surface area contributed by atoms with Crippen molar-refractivity contribution < 1.29 is 5.53 Å². The first-order valence-electron chi connectivity index (χ1n) is 3.09. The van der Waals surface area contributed by atoms with Gasteiger partial charge in [-0.05, 0) is 30.1 Å². The lowest BCUT2D eigenvalue weighted by molar-refractivity contribution is -0.202. The van der Waals surface area contributed by atoms with Crippen LogP contribution >= 0.6 is 8.07 Å². The van der Waals surface area contributed by atoms with E-state index in [-0.39, 0.29) is 8.07 Å². The Balaban J connectivity index is 2.22. The van der Waals surface area contributed by atoms with Crippen LogP contribution in [0, 0.1) is 0 Å². The van der Waals surface area contributed by atoms with Crippen LogP contribution in [-0.2, 0) is 0 Å². The van der Waals surface area contributed by atoms with Crippen LogP contribution in [0.5, 0.6) is 0 Å². The first kappa shape index (κ1) is 6.15. The second-order valence-electron chi connectivity index (χ2n) is 2.13. The van der Waals surface area contributed by atoms with Crippen molar-refractivity contribution in [2.45, 2.75) is 19.3 Å². The highest BCUT2D eigenvalue weighted by Gasteiger charge is 2.12.